The van der Waals surface area contributed by atoms with Gasteiger partial charge in [0.05, 0.1) is 0 Å². The molecule has 0 radical (unpaired) electrons. The molecule has 1 fully saturated rings. The second-order valence-electron chi connectivity index (χ2n) is 4.92. The number of hydrogen-bond acceptors (Lipinski definition) is 5. The monoisotopic (exact) mass is 246 g/mol. The van der Waals surface area contributed by atoms with Crippen molar-refractivity contribution in [2.45, 2.75) is 44.7 Å². The van der Waals surface area contributed by atoms with Crippen molar-refractivity contribution in [1.82, 2.24) is 19.6 Å². The van der Waals surface area contributed by atoms with Crippen LogP contribution in [0.15, 0.2) is 12.4 Å². The van der Waals surface area contributed by atoms with Crippen LogP contribution in [-0.2, 0) is 0 Å². The van der Waals surface area contributed by atoms with Crippen molar-refractivity contribution in [1.29, 1.82) is 0 Å². The van der Waals surface area contributed by atoms with E-state index in [4.69, 9.17) is 5.73 Å². The summed E-state index contributed by atoms with van der Waals surface area (Å²) in [7, 11) is 0. The van der Waals surface area contributed by atoms with Gasteiger partial charge in [-0.3, -0.25) is 4.40 Å². The first-order valence-electron chi connectivity index (χ1n) is 6.44. The van der Waals surface area contributed by atoms with Gasteiger partial charge in [0.1, 0.15) is 5.82 Å². The van der Waals surface area contributed by atoms with Crippen LogP contribution in [0.3, 0.4) is 0 Å². The van der Waals surface area contributed by atoms with Gasteiger partial charge in [-0.2, -0.15) is 0 Å². The van der Waals surface area contributed by atoms with Crippen molar-refractivity contribution in [3.05, 3.63) is 18.2 Å². The zero-order chi connectivity index (χ0) is 12.5. The SMILES string of the molecule is Cc1nnc2c(NC3CCCCC3N)nccn12. The summed E-state index contributed by atoms with van der Waals surface area (Å²) in [4.78, 5) is 4.36. The molecule has 0 amide bonds. The third-order valence-electron chi connectivity index (χ3n) is 3.64. The zero-order valence-corrected chi connectivity index (χ0v) is 10.5. The summed E-state index contributed by atoms with van der Waals surface area (Å²) in [6.45, 7) is 1.93. The lowest BCUT2D eigenvalue weighted by Gasteiger charge is -2.29. The fourth-order valence-electron chi connectivity index (χ4n) is 2.56. The summed E-state index contributed by atoms with van der Waals surface area (Å²) in [5.41, 5.74) is 6.91. The molecular formula is C12H18N6. The Morgan fingerprint density at radius 1 is 1.33 bits per heavy atom. The van der Waals surface area contributed by atoms with Gasteiger partial charge in [-0.15, -0.1) is 10.2 Å². The van der Waals surface area contributed by atoms with Gasteiger partial charge in [0.2, 0.25) is 5.65 Å². The first kappa shape index (κ1) is 11.4. The second-order valence-corrected chi connectivity index (χ2v) is 4.92. The fourth-order valence-corrected chi connectivity index (χ4v) is 2.56. The summed E-state index contributed by atoms with van der Waals surface area (Å²) in [6.07, 6.45) is 8.25. The van der Waals surface area contributed by atoms with Gasteiger partial charge in [-0.25, -0.2) is 4.98 Å². The lowest BCUT2D eigenvalue weighted by Crippen LogP contribution is -2.42. The molecular weight excluding hydrogens is 228 g/mol. The molecule has 2 aromatic rings. The van der Waals surface area contributed by atoms with Crippen LogP contribution >= 0.6 is 0 Å². The number of anilines is 1. The standard InChI is InChI=1S/C12H18N6/c1-8-16-17-12-11(14-6-7-18(8)12)15-10-5-3-2-4-9(10)13/h6-7,9-10H,2-5,13H2,1H3,(H,14,15). The van der Waals surface area contributed by atoms with E-state index in [-0.39, 0.29) is 12.1 Å². The normalized spacial score (nSPS) is 24.3. The van der Waals surface area contributed by atoms with E-state index >= 15 is 0 Å². The number of aryl methyl sites for hydroxylation is 1. The van der Waals surface area contributed by atoms with Crippen LogP contribution in [0.25, 0.3) is 5.65 Å². The highest BCUT2D eigenvalue weighted by atomic mass is 15.3. The number of fused-ring (bicyclic) bond motifs is 1. The number of nitrogens with zero attached hydrogens (tertiary/aromatic N) is 4. The van der Waals surface area contributed by atoms with E-state index in [2.05, 4.69) is 20.5 Å². The molecule has 96 valence electrons. The lowest BCUT2D eigenvalue weighted by atomic mass is 9.91. The second kappa shape index (κ2) is 4.53. The average molecular weight is 246 g/mol. The highest BCUT2D eigenvalue weighted by Crippen LogP contribution is 2.21. The lowest BCUT2D eigenvalue weighted by molar-refractivity contribution is 0.403. The maximum Gasteiger partial charge on any atom is 0.203 e. The predicted molar refractivity (Wildman–Crippen MR) is 69.4 cm³/mol. The van der Waals surface area contributed by atoms with Crippen LogP contribution in [0.2, 0.25) is 0 Å². The van der Waals surface area contributed by atoms with Gasteiger partial charge in [-0.1, -0.05) is 12.8 Å². The van der Waals surface area contributed by atoms with Gasteiger partial charge in [0, 0.05) is 24.5 Å². The van der Waals surface area contributed by atoms with Crippen molar-refractivity contribution in [2.75, 3.05) is 5.32 Å². The molecule has 18 heavy (non-hydrogen) atoms. The van der Waals surface area contributed by atoms with Gasteiger partial charge < -0.3 is 11.1 Å². The molecule has 2 heterocycles. The fraction of sp³-hybridized carbons (Fsp3) is 0.583. The molecule has 0 aliphatic heterocycles. The van der Waals surface area contributed by atoms with E-state index in [9.17, 15) is 0 Å². The maximum atomic E-state index is 6.14. The number of rotatable bonds is 2. The summed E-state index contributed by atoms with van der Waals surface area (Å²) < 4.78 is 1.93. The van der Waals surface area contributed by atoms with Gasteiger partial charge in [0.15, 0.2) is 5.82 Å². The summed E-state index contributed by atoms with van der Waals surface area (Å²) >= 11 is 0. The van der Waals surface area contributed by atoms with E-state index < -0.39 is 0 Å². The van der Waals surface area contributed by atoms with E-state index in [1.54, 1.807) is 6.20 Å². The molecule has 1 aliphatic rings. The minimum Gasteiger partial charge on any atom is -0.363 e. The molecule has 1 saturated carbocycles. The number of nitrogens with two attached hydrogens (primary N) is 1. The number of hydrogen-bond donors (Lipinski definition) is 2. The van der Waals surface area contributed by atoms with Gasteiger partial charge >= 0.3 is 0 Å². The van der Waals surface area contributed by atoms with Crippen LogP contribution in [0.5, 0.6) is 0 Å². The van der Waals surface area contributed by atoms with Crippen LogP contribution in [0.1, 0.15) is 31.5 Å². The van der Waals surface area contributed by atoms with E-state index in [0.717, 1.165) is 30.1 Å². The number of aromatic nitrogens is 4. The van der Waals surface area contributed by atoms with Crippen LogP contribution in [0, 0.1) is 6.92 Å². The molecule has 3 N–H and O–H groups in total. The highest BCUT2D eigenvalue weighted by molar-refractivity contribution is 5.62. The first-order chi connectivity index (χ1) is 8.75. The Morgan fingerprint density at radius 3 is 3.00 bits per heavy atom. The Balaban J connectivity index is 1.90. The summed E-state index contributed by atoms with van der Waals surface area (Å²) in [5, 5.41) is 11.7. The van der Waals surface area contributed by atoms with Gasteiger partial charge in [0.25, 0.3) is 0 Å². The molecule has 2 unspecified atom stereocenters. The quantitative estimate of drug-likeness (QED) is 0.829. The maximum absolute atomic E-state index is 6.14. The smallest absolute Gasteiger partial charge is 0.203 e. The van der Waals surface area contributed by atoms with Crippen LogP contribution < -0.4 is 11.1 Å². The Hall–Kier alpha value is -1.69. The summed E-state index contributed by atoms with van der Waals surface area (Å²) in [5.74, 6) is 1.64. The molecule has 2 atom stereocenters. The third kappa shape index (κ3) is 1.92. The molecule has 6 heteroatoms. The van der Waals surface area contributed by atoms with E-state index in [1.165, 1.54) is 12.8 Å². The topological polar surface area (TPSA) is 81.1 Å². The molecule has 1 aliphatic carbocycles. The first-order valence-corrected chi connectivity index (χ1v) is 6.44. The Labute approximate surface area is 106 Å². The largest absolute Gasteiger partial charge is 0.363 e. The van der Waals surface area contributed by atoms with E-state index in [0.29, 0.717) is 0 Å². The van der Waals surface area contributed by atoms with E-state index in [1.807, 2.05) is 17.5 Å². The molecule has 2 aromatic heterocycles. The van der Waals surface area contributed by atoms with Crippen molar-refractivity contribution in [3.8, 4) is 0 Å². The average Bonchev–Trinajstić information content (AvgIpc) is 2.76. The minimum absolute atomic E-state index is 0.199. The van der Waals surface area contributed by atoms with Crippen LogP contribution in [0.4, 0.5) is 5.82 Å². The molecule has 6 nitrogen and oxygen atoms in total. The Bertz CT molecular complexity index is 548. The molecule has 0 bridgehead atoms. The van der Waals surface area contributed by atoms with Crippen molar-refractivity contribution < 1.29 is 0 Å². The third-order valence-corrected chi connectivity index (χ3v) is 3.64. The van der Waals surface area contributed by atoms with Crippen molar-refractivity contribution in [2.24, 2.45) is 5.73 Å². The predicted octanol–water partition coefficient (Wildman–Crippen LogP) is 1.11. The summed E-state index contributed by atoms with van der Waals surface area (Å²) in [6, 6.07) is 0.485. The zero-order valence-electron chi connectivity index (χ0n) is 10.5. The molecule has 0 spiro atoms. The molecule has 0 saturated heterocycles. The van der Waals surface area contributed by atoms with Crippen molar-refractivity contribution >= 4 is 11.5 Å². The highest BCUT2D eigenvalue weighted by Gasteiger charge is 2.23. The van der Waals surface area contributed by atoms with Crippen molar-refractivity contribution in [3.63, 3.8) is 0 Å². The number of nitrogens with one attached hydrogen (secondary N) is 1. The Kier molecular flexibility index (Phi) is 2.87. The molecule has 0 aromatic carbocycles. The van der Waals surface area contributed by atoms with Crippen LogP contribution in [-0.4, -0.2) is 31.7 Å². The minimum atomic E-state index is 0.199. The molecule has 3 rings (SSSR count). The Morgan fingerprint density at radius 2 is 2.17 bits per heavy atom. The van der Waals surface area contributed by atoms with Gasteiger partial charge in [-0.05, 0) is 19.8 Å².